The van der Waals surface area contributed by atoms with Gasteiger partial charge in [0.2, 0.25) is 0 Å². The van der Waals surface area contributed by atoms with Crippen LogP contribution in [0, 0.1) is 0 Å². The highest BCUT2D eigenvalue weighted by Gasteiger charge is 2.15. The van der Waals surface area contributed by atoms with Crippen LogP contribution < -0.4 is 0 Å². The van der Waals surface area contributed by atoms with Gasteiger partial charge in [-0.1, -0.05) is 18.2 Å². The Kier molecular flexibility index (Phi) is 3.82. The summed E-state index contributed by atoms with van der Waals surface area (Å²) in [5.41, 5.74) is 0.953. The molecular formula is C14H19NO2. The van der Waals surface area contributed by atoms with Crippen molar-refractivity contribution in [2.45, 2.75) is 13.0 Å². The Morgan fingerprint density at radius 3 is 2.82 bits per heavy atom. The number of rotatable bonds is 5. The SMILES string of the molecule is COCCN(C)[C@@H](C)c1cc2ccccc2o1. The highest BCUT2D eigenvalue weighted by atomic mass is 16.5. The van der Waals surface area contributed by atoms with E-state index in [1.54, 1.807) is 7.11 Å². The van der Waals surface area contributed by atoms with Crippen LogP contribution in [0.4, 0.5) is 0 Å². The number of para-hydroxylation sites is 1. The molecule has 17 heavy (non-hydrogen) atoms. The topological polar surface area (TPSA) is 25.6 Å². The second-order valence-electron chi connectivity index (χ2n) is 4.34. The molecule has 0 aliphatic carbocycles. The van der Waals surface area contributed by atoms with Gasteiger partial charge in [0.05, 0.1) is 12.6 Å². The minimum absolute atomic E-state index is 0.262. The molecule has 1 heterocycles. The van der Waals surface area contributed by atoms with Gasteiger partial charge in [0, 0.05) is 19.0 Å². The molecule has 1 aromatic heterocycles. The summed E-state index contributed by atoms with van der Waals surface area (Å²) in [7, 11) is 3.80. The monoisotopic (exact) mass is 233 g/mol. The number of likely N-dealkylation sites (N-methyl/N-ethyl adjacent to an activating group) is 1. The molecule has 2 aromatic rings. The minimum atomic E-state index is 0.262. The van der Waals surface area contributed by atoms with Crippen molar-refractivity contribution in [1.82, 2.24) is 4.90 Å². The van der Waals surface area contributed by atoms with Crippen LogP contribution in [0.2, 0.25) is 0 Å². The molecule has 0 bridgehead atoms. The van der Waals surface area contributed by atoms with Gasteiger partial charge >= 0.3 is 0 Å². The van der Waals surface area contributed by atoms with Crippen molar-refractivity contribution >= 4 is 11.0 Å². The van der Waals surface area contributed by atoms with Crippen molar-refractivity contribution in [3.63, 3.8) is 0 Å². The van der Waals surface area contributed by atoms with Crippen LogP contribution in [-0.4, -0.2) is 32.2 Å². The first kappa shape index (κ1) is 12.1. The summed E-state index contributed by atoms with van der Waals surface area (Å²) in [4.78, 5) is 2.22. The minimum Gasteiger partial charge on any atom is -0.459 e. The first-order valence-electron chi connectivity index (χ1n) is 5.90. The van der Waals surface area contributed by atoms with Crippen molar-refractivity contribution in [2.24, 2.45) is 0 Å². The molecule has 0 aliphatic heterocycles. The third kappa shape index (κ3) is 2.68. The van der Waals surface area contributed by atoms with Crippen molar-refractivity contribution in [2.75, 3.05) is 27.3 Å². The molecule has 0 aliphatic rings. The fourth-order valence-electron chi connectivity index (χ4n) is 1.85. The standard InChI is InChI=1S/C14H19NO2/c1-11(15(2)8-9-16-3)14-10-12-6-4-5-7-13(12)17-14/h4-7,10-11H,8-9H2,1-3H3/t11-/m0/s1. The molecule has 3 heteroatoms. The van der Waals surface area contributed by atoms with E-state index < -0.39 is 0 Å². The molecular weight excluding hydrogens is 214 g/mol. The largest absolute Gasteiger partial charge is 0.459 e. The second kappa shape index (κ2) is 5.34. The third-order valence-electron chi connectivity index (χ3n) is 3.17. The van der Waals surface area contributed by atoms with Crippen LogP contribution in [0.3, 0.4) is 0 Å². The summed E-state index contributed by atoms with van der Waals surface area (Å²) < 4.78 is 10.9. The summed E-state index contributed by atoms with van der Waals surface area (Å²) in [6.07, 6.45) is 0. The maximum absolute atomic E-state index is 5.85. The number of benzene rings is 1. The Bertz CT molecular complexity index is 445. The first-order valence-corrected chi connectivity index (χ1v) is 5.90. The van der Waals surface area contributed by atoms with Gasteiger partial charge in [0.15, 0.2) is 0 Å². The van der Waals surface area contributed by atoms with E-state index in [0.29, 0.717) is 0 Å². The third-order valence-corrected chi connectivity index (χ3v) is 3.17. The molecule has 0 radical (unpaired) electrons. The molecule has 0 saturated carbocycles. The van der Waals surface area contributed by atoms with Crippen molar-refractivity contribution in [3.8, 4) is 0 Å². The maximum atomic E-state index is 5.85. The number of methoxy groups -OCH3 is 1. The van der Waals surface area contributed by atoms with E-state index in [0.717, 1.165) is 29.9 Å². The molecule has 1 atom stereocenters. The molecule has 3 nitrogen and oxygen atoms in total. The molecule has 1 aromatic carbocycles. The Hall–Kier alpha value is -1.32. The summed E-state index contributed by atoms with van der Waals surface area (Å²) in [6.45, 7) is 3.78. The zero-order valence-electron chi connectivity index (χ0n) is 10.6. The van der Waals surface area contributed by atoms with Gasteiger partial charge in [0.25, 0.3) is 0 Å². The van der Waals surface area contributed by atoms with Crippen molar-refractivity contribution in [3.05, 3.63) is 36.1 Å². The van der Waals surface area contributed by atoms with E-state index >= 15 is 0 Å². The predicted molar refractivity (Wildman–Crippen MR) is 69.1 cm³/mol. The number of hydrogen-bond acceptors (Lipinski definition) is 3. The Balaban J connectivity index is 2.15. The molecule has 92 valence electrons. The highest BCUT2D eigenvalue weighted by molar-refractivity contribution is 5.77. The van der Waals surface area contributed by atoms with Crippen LogP contribution in [0.15, 0.2) is 34.7 Å². The predicted octanol–water partition coefficient (Wildman–Crippen LogP) is 3.07. The number of hydrogen-bond donors (Lipinski definition) is 0. The summed E-state index contributed by atoms with van der Waals surface area (Å²) in [5, 5.41) is 1.16. The summed E-state index contributed by atoms with van der Waals surface area (Å²) >= 11 is 0. The second-order valence-corrected chi connectivity index (χ2v) is 4.34. The van der Waals surface area contributed by atoms with Gasteiger partial charge in [-0.3, -0.25) is 4.90 Å². The van der Waals surface area contributed by atoms with E-state index in [2.05, 4.69) is 31.0 Å². The van der Waals surface area contributed by atoms with Crippen LogP contribution in [0.1, 0.15) is 18.7 Å². The summed E-state index contributed by atoms with van der Waals surface area (Å²) in [6, 6.07) is 10.5. The van der Waals surface area contributed by atoms with Gasteiger partial charge < -0.3 is 9.15 Å². The van der Waals surface area contributed by atoms with Gasteiger partial charge in [-0.15, -0.1) is 0 Å². The lowest BCUT2D eigenvalue weighted by molar-refractivity contribution is 0.137. The Morgan fingerprint density at radius 2 is 2.12 bits per heavy atom. The lowest BCUT2D eigenvalue weighted by Gasteiger charge is -2.22. The Morgan fingerprint density at radius 1 is 1.35 bits per heavy atom. The van der Waals surface area contributed by atoms with Crippen molar-refractivity contribution in [1.29, 1.82) is 0 Å². The van der Waals surface area contributed by atoms with Crippen molar-refractivity contribution < 1.29 is 9.15 Å². The maximum Gasteiger partial charge on any atom is 0.134 e. The smallest absolute Gasteiger partial charge is 0.134 e. The van der Waals surface area contributed by atoms with E-state index in [9.17, 15) is 0 Å². The first-order chi connectivity index (χ1) is 8.22. The molecule has 0 saturated heterocycles. The number of ether oxygens (including phenoxy) is 1. The molecule has 0 unspecified atom stereocenters. The van der Waals surface area contributed by atoms with E-state index in [1.165, 1.54) is 0 Å². The number of furan rings is 1. The van der Waals surface area contributed by atoms with Gasteiger partial charge in [0.1, 0.15) is 11.3 Å². The lowest BCUT2D eigenvalue weighted by atomic mass is 10.2. The van der Waals surface area contributed by atoms with Gasteiger partial charge in [-0.05, 0) is 26.1 Å². The van der Waals surface area contributed by atoms with Crippen LogP contribution in [0.5, 0.6) is 0 Å². The zero-order chi connectivity index (χ0) is 12.3. The molecule has 0 N–H and O–H groups in total. The van der Waals surface area contributed by atoms with Crippen LogP contribution in [0.25, 0.3) is 11.0 Å². The average molecular weight is 233 g/mol. The van der Waals surface area contributed by atoms with Gasteiger partial charge in [-0.25, -0.2) is 0 Å². The Labute approximate surface area is 102 Å². The lowest BCUT2D eigenvalue weighted by Crippen LogP contribution is -2.25. The van der Waals surface area contributed by atoms with Gasteiger partial charge in [-0.2, -0.15) is 0 Å². The molecule has 0 fully saturated rings. The zero-order valence-corrected chi connectivity index (χ0v) is 10.6. The fraction of sp³-hybridized carbons (Fsp3) is 0.429. The number of nitrogens with zero attached hydrogens (tertiary/aromatic N) is 1. The van der Waals surface area contributed by atoms with E-state index in [1.807, 2.05) is 18.2 Å². The van der Waals surface area contributed by atoms with Crippen LogP contribution >= 0.6 is 0 Å². The van der Waals surface area contributed by atoms with Crippen LogP contribution in [-0.2, 0) is 4.74 Å². The number of fused-ring (bicyclic) bond motifs is 1. The van der Waals surface area contributed by atoms with E-state index in [-0.39, 0.29) is 6.04 Å². The normalized spacial score (nSPS) is 13.4. The quantitative estimate of drug-likeness (QED) is 0.793. The summed E-state index contributed by atoms with van der Waals surface area (Å²) in [5.74, 6) is 1.00. The molecule has 0 amide bonds. The highest BCUT2D eigenvalue weighted by Crippen LogP contribution is 2.26. The molecule has 0 spiro atoms. The average Bonchev–Trinajstić information content (AvgIpc) is 2.78. The van der Waals surface area contributed by atoms with E-state index in [4.69, 9.17) is 9.15 Å². The molecule has 2 rings (SSSR count). The fourth-order valence-corrected chi connectivity index (χ4v) is 1.85.